The van der Waals surface area contributed by atoms with Crippen molar-refractivity contribution in [2.45, 2.75) is 63.0 Å². The molecule has 2 aliphatic rings. The normalized spacial score (nSPS) is 22.2. The zero-order valence-corrected chi connectivity index (χ0v) is 16.1. The van der Waals surface area contributed by atoms with Gasteiger partial charge in [0.15, 0.2) is 0 Å². The van der Waals surface area contributed by atoms with E-state index in [9.17, 15) is 9.35 Å². The Morgan fingerprint density at radius 1 is 1.40 bits per heavy atom. The van der Waals surface area contributed by atoms with Gasteiger partial charge in [0.05, 0.1) is 5.69 Å². The topological polar surface area (TPSA) is 87.4 Å². The second-order valence-electron chi connectivity index (χ2n) is 8.20. The molecule has 1 N–H and O–H groups in total. The quantitative estimate of drug-likeness (QED) is 0.807. The molecule has 1 saturated heterocycles. The summed E-state index contributed by atoms with van der Waals surface area (Å²) in [5.74, 6) is 1.11. The largest absolute Gasteiger partial charge is 0.616 e. The van der Waals surface area contributed by atoms with Crippen molar-refractivity contribution in [2.75, 3.05) is 24.3 Å². The molecule has 3 rings (SSSR count). The van der Waals surface area contributed by atoms with E-state index in [1.165, 1.54) is 0 Å². The number of amides is 1. The maximum absolute atomic E-state index is 13.0. The number of rotatable bonds is 5. The highest BCUT2D eigenvalue weighted by Crippen LogP contribution is 2.42. The zero-order valence-electron chi connectivity index (χ0n) is 15.3. The number of nitrogens with zero attached hydrogens (tertiary/aromatic N) is 1. The molecule has 0 spiro atoms. The van der Waals surface area contributed by atoms with Crippen LogP contribution in [0.5, 0.6) is 0 Å². The average Bonchev–Trinajstić information content (AvgIpc) is 2.95. The lowest BCUT2D eigenvalue weighted by Gasteiger charge is -2.41. The first-order valence-electron chi connectivity index (χ1n) is 9.06. The first kappa shape index (κ1) is 18.7. The summed E-state index contributed by atoms with van der Waals surface area (Å²) in [5.41, 5.74) is 0.640. The Balaban J connectivity index is 1.64. The van der Waals surface area contributed by atoms with Crippen LogP contribution in [0.2, 0.25) is 0 Å². The second kappa shape index (κ2) is 7.29. The Bertz CT molecular complexity index is 600. The molecule has 1 aromatic rings. The Kier molecular flexibility index (Phi) is 5.46. The summed E-state index contributed by atoms with van der Waals surface area (Å²) >= 11 is -1.18. The van der Waals surface area contributed by atoms with Crippen LogP contribution in [0.3, 0.4) is 0 Å². The lowest BCUT2D eigenvalue weighted by Crippen LogP contribution is -2.56. The molecule has 6 nitrogen and oxygen atoms in total. The van der Waals surface area contributed by atoms with Gasteiger partial charge in [-0.25, -0.2) is 0 Å². The first-order valence-corrected chi connectivity index (χ1v) is 10.4. The van der Waals surface area contributed by atoms with Gasteiger partial charge in [0, 0.05) is 43.5 Å². The highest BCUT2D eigenvalue weighted by atomic mass is 32.2. The van der Waals surface area contributed by atoms with Crippen LogP contribution < -0.4 is 5.32 Å². The molecule has 7 heteroatoms. The predicted molar refractivity (Wildman–Crippen MR) is 97.0 cm³/mol. The Hall–Kier alpha value is -1.05. The molecule has 1 aromatic heterocycles. The summed E-state index contributed by atoms with van der Waals surface area (Å²) in [7, 11) is 0. The Labute approximate surface area is 152 Å². The van der Waals surface area contributed by atoms with Gasteiger partial charge in [-0.05, 0) is 30.4 Å². The third-order valence-corrected chi connectivity index (χ3v) is 7.49. The SMILES string of the molecule is CC(C)(C)c1cc(NC(=O)C2([S+]([O-])CC3CCOCC3)CCC2)on1. The minimum Gasteiger partial charge on any atom is -0.616 e. The van der Waals surface area contributed by atoms with E-state index < -0.39 is 15.9 Å². The summed E-state index contributed by atoms with van der Waals surface area (Å²) in [6, 6.07) is 1.76. The van der Waals surface area contributed by atoms with Crippen LogP contribution in [-0.2, 0) is 26.1 Å². The van der Waals surface area contributed by atoms with E-state index in [0.29, 0.717) is 30.4 Å². The molecule has 0 aromatic carbocycles. The number of hydrogen-bond acceptors (Lipinski definition) is 5. The molecule has 140 valence electrons. The van der Waals surface area contributed by atoms with Gasteiger partial charge in [-0.2, -0.15) is 0 Å². The highest BCUT2D eigenvalue weighted by Gasteiger charge is 2.55. The van der Waals surface area contributed by atoms with Crippen molar-refractivity contribution in [1.82, 2.24) is 5.16 Å². The number of aromatic nitrogens is 1. The Morgan fingerprint density at radius 2 is 2.08 bits per heavy atom. The second-order valence-corrected chi connectivity index (χ2v) is 10.0. The van der Waals surface area contributed by atoms with Crippen LogP contribution in [0.1, 0.15) is 58.6 Å². The van der Waals surface area contributed by atoms with Crippen molar-refractivity contribution in [1.29, 1.82) is 0 Å². The minimum atomic E-state index is -1.18. The van der Waals surface area contributed by atoms with Crippen molar-refractivity contribution in [3.63, 3.8) is 0 Å². The fraction of sp³-hybridized carbons (Fsp3) is 0.778. The summed E-state index contributed by atoms with van der Waals surface area (Å²) in [6.45, 7) is 7.57. The maximum atomic E-state index is 13.0. The van der Waals surface area contributed by atoms with E-state index in [4.69, 9.17) is 9.26 Å². The van der Waals surface area contributed by atoms with Gasteiger partial charge in [-0.1, -0.05) is 25.9 Å². The van der Waals surface area contributed by atoms with E-state index in [2.05, 4.69) is 10.5 Å². The van der Waals surface area contributed by atoms with Gasteiger partial charge >= 0.3 is 0 Å². The third kappa shape index (κ3) is 4.04. The molecule has 1 atom stereocenters. The highest BCUT2D eigenvalue weighted by molar-refractivity contribution is 7.93. The van der Waals surface area contributed by atoms with Crippen molar-refractivity contribution in [3.05, 3.63) is 11.8 Å². The van der Waals surface area contributed by atoms with Crippen LogP contribution >= 0.6 is 0 Å². The molecule has 1 amide bonds. The molecule has 0 radical (unpaired) electrons. The molecular formula is C18H28N2O4S. The number of nitrogens with one attached hydrogen (secondary N) is 1. The zero-order chi connectivity index (χ0) is 18.1. The van der Waals surface area contributed by atoms with Crippen molar-refractivity contribution < 1.29 is 18.6 Å². The van der Waals surface area contributed by atoms with Gasteiger partial charge in [-0.15, -0.1) is 0 Å². The van der Waals surface area contributed by atoms with Gasteiger partial charge in [0.25, 0.3) is 5.91 Å². The van der Waals surface area contributed by atoms with E-state index in [1.54, 1.807) is 6.07 Å². The number of hydrogen-bond donors (Lipinski definition) is 1. The summed E-state index contributed by atoms with van der Waals surface area (Å²) in [4.78, 5) is 12.8. The Morgan fingerprint density at radius 3 is 2.60 bits per heavy atom. The molecule has 2 heterocycles. The summed E-state index contributed by atoms with van der Waals surface area (Å²) < 4.78 is 22.8. The molecule has 1 aliphatic heterocycles. The number of carbonyl (C=O) groups excluding carboxylic acids is 1. The third-order valence-electron chi connectivity index (χ3n) is 5.25. The van der Waals surface area contributed by atoms with Gasteiger partial charge in [0.2, 0.25) is 10.6 Å². The lowest BCUT2D eigenvalue weighted by atomic mass is 9.83. The smallest absolute Gasteiger partial charge is 0.282 e. The minimum absolute atomic E-state index is 0.146. The molecular weight excluding hydrogens is 340 g/mol. The van der Waals surface area contributed by atoms with Gasteiger partial charge in [0.1, 0.15) is 5.75 Å². The fourth-order valence-electron chi connectivity index (χ4n) is 3.26. The molecule has 25 heavy (non-hydrogen) atoms. The van der Waals surface area contributed by atoms with Crippen molar-refractivity contribution >= 4 is 23.0 Å². The van der Waals surface area contributed by atoms with E-state index in [0.717, 1.165) is 38.2 Å². The van der Waals surface area contributed by atoms with Crippen LogP contribution in [0, 0.1) is 5.92 Å². The number of ether oxygens (including phenoxy) is 1. The van der Waals surface area contributed by atoms with Gasteiger partial charge in [-0.3, -0.25) is 10.1 Å². The molecule has 1 saturated carbocycles. The molecule has 1 aliphatic carbocycles. The first-order chi connectivity index (χ1) is 11.8. The van der Waals surface area contributed by atoms with Crippen LogP contribution in [0.25, 0.3) is 0 Å². The lowest BCUT2D eigenvalue weighted by molar-refractivity contribution is -0.120. The van der Waals surface area contributed by atoms with Gasteiger partial charge < -0.3 is 13.8 Å². The van der Waals surface area contributed by atoms with Crippen LogP contribution in [-0.4, -0.2) is 39.3 Å². The molecule has 1 unspecified atom stereocenters. The fourth-order valence-corrected chi connectivity index (χ4v) is 5.34. The maximum Gasteiger partial charge on any atom is 0.282 e. The summed E-state index contributed by atoms with van der Waals surface area (Å²) in [6.07, 6.45) is 4.15. The van der Waals surface area contributed by atoms with E-state index in [-0.39, 0.29) is 11.3 Å². The van der Waals surface area contributed by atoms with E-state index in [1.807, 2.05) is 20.8 Å². The number of anilines is 1. The summed E-state index contributed by atoms with van der Waals surface area (Å²) in [5, 5.41) is 6.83. The van der Waals surface area contributed by atoms with Crippen LogP contribution in [0.15, 0.2) is 10.6 Å². The van der Waals surface area contributed by atoms with Crippen molar-refractivity contribution in [3.8, 4) is 0 Å². The van der Waals surface area contributed by atoms with Crippen LogP contribution in [0.4, 0.5) is 5.88 Å². The number of carbonyl (C=O) groups is 1. The predicted octanol–water partition coefficient (Wildman–Crippen LogP) is 3.01. The monoisotopic (exact) mass is 368 g/mol. The molecule has 0 bridgehead atoms. The standard InChI is InChI=1S/C18H28N2O4S/c1-17(2,3)14-11-15(24-20-14)19-16(21)18(7-4-8-18)25(22)12-13-5-9-23-10-6-13/h11,13H,4-10,12H2,1-3H3,(H,19,21). The average molecular weight is 368 g/mol. The molecule has 2 fully saturated rings. The van der Waals surface area contributed by atoms with E-state index >= 15 is 0 Å². The van der Waals surface area contributed by atoms with Crippen molar-refractivity contribution in [2.24, 2.45) is 5.92 Å².